The van der Waals surface area contributed by atoms with Gasteiger partial charge in [-0.05, 0) is 19.6 Å². The van der Waals surface area contributed by atoms with E-state index in [1.165, 1.54) is 26.2 Å². The van der Waals surface area contributed by atoms with Gasteiger partial charge >= 0.3 is 0 Å². The SMILES string of the molecule is C=C[Si]1(C)N(CC)CCN1CC. The molecule has 0 amide bonds. The van der Waals surface area contributed by atoms with Crippen LogP contribution in [-0.2, 0) is 0 Å². The second-order valence-corrected chi connectivity index (χ2v) is 7.32. The Hall–Kier alpha value is -0.123. The third kappa shape index (κ3) is 1.37. The Morgan fingerprint density at radius 1 is 1.25 bits per heavy atom. The standard InChI is InChI=1S/C9H20N2Si/c1-5-10-8-9-11(6-2)12(10,4)7-3/h7H,3,5-6,8-9H2,1-2,4H3. The maximum Gasteiger partial charge on any atom is 0.228 e. The van der Waals surface area contributed by atoms with Gasteiger partial charge in [0.1, 0.15) is 0 Å². The summed E-state index contributed by atoms with van der Waals surface area (Å²) in [6.07, 6.45) is 0. The van der Waals surface area contributed by atoms with Gasteiger partial charge in [-0.25, -0.2) is 0 Å². The number of nitrogens with zero attached hydrogens (tertiary/aromatic N) is 2. The van der Waals surface area contributed by atoms with Crippen molar-refractivity contribution in [2.24, 2.45) is 0 Å². The Bertz CT molecular complexity index is 158. The summed E-state index contributed by atoms with van der Waals surface area (Å²) in [7, 11) is -1.39. The first kappa shape index (κ1) is 9.96. The fourth-order valence-electron chi connectivity index (χ4n) is 2.11. The first-order chi connectivity index (χ1) is 5.69. The Kier molecular flexibility index (Phi) is 3.09. The lowest BCUT2D eigenvalue weighted by atomic mass is 10.6. The highest BCUT2D eigenvalue weighted by Crippen LogP contribution is 2.22. The van der Waals surface area contributed by atoms with Crippen LogP contribution >= 0.6 is 0 Å². The number of rotatable bonds is 3. The predicted octanol–water partition coefficient (Wildman–Crippen LogP) is 1.44. The van der Waals surface area contributed by atoms with Crippen LogP contribution in [0.5, 0.6) is 0 Å². The van der Waals surface area contributed by atoms with Crippen molar-refractivity contribution in [3.63, 3.8) is 0 Å². The molecule has 0 spiro atoms. The molecule has 2 nitrogen and oxygen atoms in total. The van der Waals surface area contributed by atoms with Gasteiger partial charge in [-0.3, -0.25) is 0 Å². The van der Waals surface area contributed by atoms with E-state index in [2.05, 4.69) is 41.8 Å². The van der Waals surface area contributed by atoms with Gasteiger partial charge in [-0.1, -0.05) is 19.5 Å². The summed E-state index contributed by atoms with van der Waals surface area (Å²) in [4.78, 5) is 0. The molecule has 12 heavy (non-hydrogen) atoms. The van der Waals surface area contributed by atoms with Crippen LogP contribution in [0.3, 0.4) is 0 Å². The molecule has 0 N–H and O–H groups in total. The van der Waals surface area contributed by atoms with Gasteiger partial charge in [0, 0.05) is 13.1 Å². The molecule has 1 heterocycles. The minimum absolute atomic E-state index is 1.17. The fourth-order valence-corrected chi connectivity index (χ4v) is 5.41. The minimum atomic E-state index is -1.39. The highest BCUT2D eigenvalue weighted by Gasteiger charge is 2.41. The molecular formula is C9H20N2Si. The van der Waals surface area contributed by atoms with Crippen LogP contribution in [0.1, 0.15) is 13.8 Å². The Morgan fingerprint density at radius 2 is 1.67 bits per heavy atom. The molecule has 1 aliphatic heterocycles. The van der Waals surface area contributed by atoms with Crippen LogP contribution < -0.4 is 0 Å². The second kappa shape index (κ2) is 3.73. The van der Waals surface area contributed by atoms with Crippen molar-refractivity contribution < 1.29 is 0 Å². The molecular weight excluding hydrogens is 164 g/mol. The summed E-state index contributed by atoms with van der Waals surface area (Å²) in [5, 5.41) is 0. The van der Waals surface area contributed by atoms with Crippen LogP contribution in [0.15, 0.2) is 12.3 Å². The molecule has 70 valence electrons. The van der Waals surface area contributed by atoms with E-state index in [1.54, 1.807) is 0 Å². The number of likely N-dealkylation sites (N-methyl/N-ethyl adjacent to an activating group) is 2. The second-order valence-electron chi connectivity index (χ2n) is 3.46. The largest absolute Gasteiger partial charge is 0.308 e. The summed E-state index contributed by atoms with van der Waals surface area (Å²) < 4.78 is 5.20. The maximum atomic E-state index is 3.99. The zero-order chi connectivity index (χ0) is 9.19. The van der Waals surface area contributed by atoms with Gasteiger partial charge in [-0.2, -0.15) is 0 Å². The van der Waals surface area contributed by atoms with E-state index in [9.17, 15) is 0 Å². The van der Waals surface area contributed by atoms with Crippen molar-refractivity contribution in [2.75, 3.05) is 26.2 Å². The number of hydrogen-bond donors (Lipinski definition) is 0. The average Bonchev–Trinajstić information content (AvgIpc) is 2.42. The summed E-state index contributed by atoms with van der Waals surface area (Å²) in [5.41, 5.74) is 2.20. The molecule has 0 aromatic rings. The zero-order valence-electron chi connectivity index (χ0n) is 8.51. The first-order valence-electron chi connectivity index (χ1n) is 4.82. The molecule has 0 aromatic carbocycles. The quantitative estimate of drug-likeness (QED) is 0.612. The maximum absolute atomic E-state index is 3.99. The van der Waals surface area contributed by atoms with E-state index in [-0.39, 0.29) is 0 Å². The molecule has 0 bridgehead atoms. The van der Waals surface area contributed by atoms with E-state index in [1.807, 2.05) is 0 Å². The summed E-state index contributed by atoms with van der Waals surface area (Å²) in [6, 6.07) is 0. The van der Waals surface area contributed by atoms with Crippen LogP contribution in [0.25, 0.3) is 0 Å². The summed E-state index contributed by atoms with van der Waals surface area (Å²) in [5.74, 6) is 0. The molecule has 1 rings (SSSR count). The normalized spacial score (nSPS) is 24.6. The monoisotopic (exact) mass is 184 g/mol. The van der Waals surface area contributed by atoms with Crippen molar-refractivity contribution in [2.45, 2.75) is 20.4 Å². The van der Waals surface area contributed by atoms with Crippen LogP contribution in [0.2, 0.25) is 6.55 Å². The van der Waals surface area contributed by atoms with Gasteiger partial charge < -0.3 is 9.13 Å². The molecule has 0 radical (unpaired) electrons. The Morgan fingerprint density at radius 3 is 1.92 bits per heavy atom. The smallest absolute Gasteiger partial charge is 0.228 e. The van der Waals surface area contributed by atoms with Gasteiger partial charge in [0.2, 0.25) is 8.40 Å². The topological polar surface area (TPSA) is 6.48 Å². The van der Waals surface area contributed by atoms with Crippen LogP contribution in [0.4, 0.5) is 0 Å². The lowest BCUT2D eigenvalue weighted by Gasteiger charge is -2.34. The fraction of sp³-hybridized carbons (Fsp3) is 0.778. The van der Waals surface area contributed by atoms with Crippen molar-refractivity contribution >= 4 is 8.40 Å². The predicted molar refractivity (Wildman–Crippen MR) is 56.3 cm³/mol. The number of hydrogen-bond acceptors (Lipinski definition) is 2. The summed E-state index contributed by atoms with van der Waals surface area (Å²) in [6.45, 7) is 15.7. The van der Waals surface area contributed by atoms with Crippen molar-refractivity contribution in [3.05, 3.63) is 12.3 Å². The minimum Gasteiger partial charge on any atom is -0.308 e. The van der Waals surface area contributed by atoms with E-state index >= 15 is 0 Å². The molecule has 1 aliphatic rings. The highest BCUT2D eigenvalue weighted by atomic mass is 28.3. The van der Waals surface area contributed by atoms with Gasteiger partial charge in [0.05, 0.1) is 0 Å². The van der Waals surface area contributed by atoms with E-state index < -0.39 is 8.40 Å². The third-order valence-electron chi connectivity index (χ3n) is 3.07. The third-order valence-corrected chi connectivity index (χ3v) is 7.48. The van der Waals surface area contributed by atoms with Crippen LogP contribution in [-0.4, -0.2) is 43.7 Å². The Labute approximate surface area is 77.0 Å². The molecule has 0 atom stereocenters. The molecule has 1 fully saturated rings. The van der Waals surface area contributed by atoms with Crippen LogP contribution in [0, 0.1) is 0 Å². The van der Waals surface area contributed by atoms with Crippen molar-refractivity contribution in [1.82, 2.24) is 9.13 Å². The Balaban J connectivity index is 2.78. The molecule has 1 saturated heterocycles. The summed E-state index contributed by atoms with van der Waals surface area (Å²) >= 11 is 0. The van der Waals surface area contributed by atoms with Gasteiger partial charge in [-0.15, -0.1) is 6.58 Å². The molecule has 0 aromatic heterocycles. The van der Waals surface area contributed by atoms with Crippen molar-refractivity contribution in [1.29, 1.82) is 0 Å². The van der Waals surface area contributed by atoms with Crippen molar-refractivity contribution in [3.8, 4) is 0 Å². The van der Waals surface area contributed by atoms with E-state index in [4.69, 9.17) is 0 Å². The van der Waals surface area contributed by atoms with E-state index in [0.717, 1.165) is 0 Å². The highest BCUT2D eigenvalue weighted by molar-refractivity contribution is 6.78. The first-order valence-corrected chi connectivity index (χ1v) is 7.30. The molecule has 0 unspecified atom stereocenters. The zero-order valence-corrected chi connectivity index (χ0v) is 9.51. The lowest BCUT2D eigenvalue weighted by molar-refractivity contribution is 0.486. The van der Waals surface area contributed by atoms with Gasteiger partial charge in [0.25, 0.3) is 0 Å². The molecule has 0 aliphatic carbocycles. The average molecular weight is 184 g/mol. The van der Waals surface area contributed by atoms with E-state index in [0.29, 0.717) is 0 Å². The molecule has 0 saturated carbocycles. The van der Waals surface area contributed by atoms with Gasteiger partial charge in [0.15, 0.2) is 0 Å². The molecule has 3 heteroatoms. The lowest BCUT2D eigenvalue weighted by Crippen LogP contribution is -2.55.